The topological polar surface area (TPSA) is 35.8 Å². The maximum atomic E-state index is 9.65. The van der Waals surface area contributed by atoms with Crippen LogP contribution in [-0.4, -0.2) is 35.2 Å². The second kappa shape index (κ2) is 12.7. The van der Waals surface area contributed by atoms with E-state index < -0.39 is 0 Å². The lowest BCUT2D eigenvalue weighted by atomic mass is 10.1. The van der Waals surface area contributed by atoms with Gasteiger partial charge in [0.15, 0.2) is 0 Å². The molecule has 1 atom stereocenters. The van der Waals surface area contributed by atoms with Gasteiger partial charge in [-0.3, -0.25) is 4.99 Å². The van der Waals surface area contributed by atoms with Crippen molar-refractivity contribution in [1.82, 2.24) is 4.90 Å². The van der Waals surface area contributed by atoms with Gasteiger partial charge in [-0.2, -0.15) is 0 Å². The van der Waals surface area contributed by atoms with Crippen LogP contribution in [0.2, 0.25) is 0 Å². The third-order valence-electron chi connectivity index (χ3n) is 4.31. The Morgan fingerprint density at radius 2 is 1.68 bits per heavy atom. The van der Waals surface area contributed by atoms with Gasteiger partial charge in [-0.1, -0.05) is 57.6 Å². The Morgan fingerprint density at radius 1 is 1.05 bits per heavy atom. The summed E-state index contributed by atoms with van der Waals surface area (Å²) < 4.78 is 0. The van der Waals surface area contributed by atoms with Crippen molar-refractivity contribution in [1.29, 1.82) is 0 Å². The average Bonchev–Trinajstić information content (AvgIpc) is 2.97. The number of nitrogens with zero attached hydrogens (tertiary/aromatic N) is 2. The molecule has 0 radical (unpaired) electrons. The molecule has 0 aromatic rings. The number of hydrogen-bond donors (Lipinski definition) is 1. The quantitative estimate of drug-likeness (QED) is 0.388. The van der Waals surface area contributed by atoms with E-state index in [1.807, 2.05) is 11.8 Å². The Hall–Kier alpha value is -0.830. The minimum absolute atomic E-state index is 0.382. The lowest BCUT2D eigenvalue weighted by molar-refractivity contribution is 0.0766. The predicted octanol–water partition coefficient (Wildman–Crippen LogP) is 4.91. The molecule has 0 aliphatic carbocycles. The van der Waals surface area contributed by atoms with E-state index in [0.717, 1.165) is 25.3 Å². The summed E-state index contributed by atoms with van der Waals surface area (Å²) in [6.07, 6.45) is 18.4. The highest BCUT2D eigenvalue weighted by Gasteiger charge is 2.19. The molecule has 0 bridgehead atoms. The van der Waals surface area contributed by atoms with E-state index in [9.17, 15) is 5.11 Å². The number of unbranched alkanes of at least 4 members (excludes halogenated alkanes) is 8. The molecule has 1 aliphatic rings. The molecule has 3 nitrogen and oxygen atoms in total. The molecule has 1 rings (SSSR count). The number of hydrogen-bond acceptors (Lipinski definition) is 3. The summed E-state index contributed by atoms with van der Waals surface area (Å²) in [6, 6.07) is 0. The van der Waals surface area contributed by atoms with Gasteiger partial charge in [-0.25, -0.2) is 0 Å². The highest BCUT2D eigenvalue weighted by Crippen LogP contribution is 2.14. The molecule has 3 heteroatoms. The molecule has 0 aromatic carbocycles. The third kappa shape index (κ3) is 8.57. The van der Waals surface area contributed by atoms with Gasteiger partial charge >= 0.3 is 0 Å². The van der Waals surface area contributed by atoms with Crippen molar-refractivity contribution >= 4 is 5.84 Å². The van der Waals surface area contributed by atoms with Crippen LogP contribution in [0.25, 0.3) is 0 Å². The van der Waals surface area contributed by atoms with Crippen LogP contribution >= 0.6 is 0 Å². The Morgan fingerprint density at radius 3 is 2.36 bits per heavy atom. The Kier molecular flexibility index (Phi) is 11.1. The summed E-state index contributed by atoms with van der Waals surface area (Å²) in [7, 11) is 0. The van der Waals surface area contributed by atoms with Crippen molar-refractivity contribution in [3.05, 3.63) is 12.2 Å². The maximum absolute atomic E-state index is 9.65. The Bertz CT molecular complexity index is 323. The molecular weight excluding hydrogens is 272 g/mol. The van der Waals surface area contributed by atoms with Crippen molar-refractivity contribution < 1.29 is 5.11 Å². The minimum Gasteiger partial charge on any atom is -0.374 e. The third-order valence-corrected chi connectivity index (χ3v) is 4.31. The molecule has 0 fully saturated rings. The Labute approximate surface area is 137 Å². The van der Waals surface area contributed by atoms with Crippen LogP contribution < -0.4 is 0 Å². The maximum Gasteiger partial charge on any atom is 0.125 e. The zero-order chi connectivity index (χ0) is 16.0. The van der Waals surface area contributed by atoms with Gasteiger partial charge in [0.2, 0.25) is 0 Å². The summed E-state index contributed by atoms with van der Waals surface area (Å²) in [5.41, 5.74) is 0. The zero-order valence-corrected chi connectivity index (χ0v) is 14.8. The van der Waals surface area contributed by atoms with E-state index in [4.69, 9.17) is 0 Å². The molecular formula is C19H36N2O. The second-order valence-corrected chi connectivity index (χ2v) is 6.40. The second-order valence-electron chi connectivity index (χ2n) is 6.40. The summed E-state index contributed by atoms with van der Waals surface area (Å²) >= 11 is 0. The lowest BCUT2D eigenvalue weighted by Gasteiger charge is -2.23. The van der Waals surface area contributed by atoms with E-state index in [1.165, 1.54) is 64.2 Å². The Balaban J connectivity index is 1.88. The first-order chi connectivity index (χ1) is 10.8. The molecule has 0 saturated carbocycles. The molecule has 1 heterocycles. The monoisotopic (exact) mass is 308 g/mol. The SMILES string of the molecule is CCC/C=C/CCCCCCCCCC1=NCCN1C(C)O. The summed E-state index contributed by atoms with van der Waals surface area (Å²) in [6.45, 7) is 5.80. The molecule has 0 saturated heterocycles. The highest BCUT2D eigenvalue weighted by molar-refractivity contribution is 5.83. The van der Waals surface area contributed by atoms with Crippen molar-refractivity contribution in [3.8, 4) is 0 Å². The van der Waals surface area contributed by atoms with Gasteiger partial charge in [0.05, 0.1) is 6.54 Å². The molecule has 0 amide bonds. The number of aliphatic imine (C=N–C) groups is 1. The van der Waals surface area contributed by atoms with Gasteiger partial charge in [0.1, 0.15) is 12.1 Å². The van der Waals surface area contributed by atoms with Crippen LogP contribution in [0.5, 0.6) is 0 Å². The van der Waals surface area contributed by atoms with E-state index in [2.05, 4.69) is 24.1 Å². The van der Waals surface area contributed by atoms with Crippen LogP contribution in [0.15, 0.2) is 17.1 Å². The van der Waals surface area contributed by atoms with Crippen molar-refractivity contribution in [3.63, 3.8) is 0 Å². The summed E-state index contributed by atoms with van der Waals surface area (Å²) in [5, 5.41) is 9.65. The fourth-order valence-corrected chi connectivity index (χ4v) is 2.96. The fraction of sp³-hybridized carbons (Fsp3) is 0.842. The number of rotatable bonds is 13. The number of aliphatic hydroxyl groups excluding tert-OH is 1. The molecule has 22 heavy (non-hydrogen) atoms. The summed E-state index contributed by atoms with van der Waals surface area (Å²) in [4.78, 5) is 6.54. The van der Waals surface area contributed by atoms with Crippen molar-refractivity contribution in [2.75, 3.05) is 13.1 Å². The first-order valence-electron chi connectivity index (χ1n) is 9.38. The van der Waals surface area contributed by atoms with Gasteiger partial charge in [-0.15, -0.1) is 0 Å². The van der Waals surface area contributed by atoms with Crippen molar-refractivity contribution in [2.45, 2.75) is 90.7 Å². The first-order valence-corrected chi connectivity index (χ1v) is 9.38. The van der Waals surface area contributed by atoms with Gasteiger partial charge in [0.25, 0.3) is 0 Å². The van der Waals surface area contributed by atoms with Gasteiger partial charge < -0.3 is 10.0 Å². The number of amidine groups is 1. The molecule has 0 spiro atoms. The highest BCUT2D eigenvalue weighted by atomic mass is 16.3. The molecule has 0 aromatic heterocycles. The zero-order valence-electron chi connectivity index (χ0n) is 14.8. The van der Waals surface area contributed by atoms with Crippen LogP contribution in [0.3, 0.4) is 0 Å². The standard InChI is InChI=1S/C19H36N2O/c1-3-4-5-6-7-8-9-10-11-12-13-14-15-19-20-16-17-21(19)18(2)22/h5-6,18,22H,3-4,7-17H2,1-2H3/b6-5+. The van der Waals surface area contributed by atoms with E-state index >= 15 is 0 Å². The number of aliphatic hydroxyl groups is 1. The smallest absolute Gasteiger partial charge is 0.125 e. The summed E-state index contributed by atoms with van der Waals surface area (Å²) in [5.74, 6) is 1.12. The van der Waals surface area contributed by atoms with Gasteiger partial charge in [-0.05, 0) is 32.6 Å². The van der Waals surface area contributed by atoms with E-state index in [1.54, 1.807) is 0 Å². The number of allylic oxidation sites excluding steroid dienone is 2. The fourth-order valence-electron chi connectivity index (χ4n) is 2.96. The normalized spacial score (nSPS) is 16.5. The average molecular weight is 309 g/mol. The molecule has 1 aliphatic heterocycles. The van der Waals surface area contributed by atoms with E-state index in [-0.39, 0.29) is 6.23 Å². The van der Waals surface area contributed by atoms with Crippen LogP contribution in [0.4, 0.5) is 0 Å². The predicted molar refractivity (Wildman–Crippen MR) is 96.3 cm³/mol. The minimum atomic E-state index is -0.382. The van der Waals surface area contributed by atoms with Crippen LogP contribution in [0.1, 0.15) is 84.5 Å². The lowest BCUT2D eigenvalue weighted by Crippen LogP contribution is -2.35. The van der Waals surface area contributed by atoms with E-state index in [0.29, 0.717) is 0 Å². The molecule has 1 N–H and O–H groups in total. The largest absolute Gasteiger partial charge is 0.374 e. The molecule has 1 unspecified atom stereocenters. The van der Waals surface area contributed by atoms with Crippen molar-refractivity contribution in [2.24, 2.45) is 4.99 Å². The van der Waals surface area contributed by atoms with Crippen LogP contribution in [-0.2, 0) is 0 Å². The molecule has 128 valence electrons. The first kappa shape index (κ1) is 19.2. The van der Waals surface area contributed by atoms with Gasteiger partial charge in [0, 0.05) is 13.0 Å². The van der Waals surface area contributed by atoms with Crippen LogP contribution in [0, 0.1) is 0 Å².